The van der Waals surface area contributed by atoms with Crippen LogP contribution in [0.25, 0.3) is 11.0 Å². The monoisotopic (exact) mass is 369 g/mol. The topological polar surface area (TPSA) is 85.6 Å². The fraction of sp³-hybridized carbons (Fsp3) is 0.150. The third-order valence-electron chi connectivity index (χ3n) is 4.03. The first-order valence-electron chi connectivity index (χ1n) is 8.14. The van der Waals surface area contributed by atoms with E-state index in [0.717, 1.165) is 6.07 Å². The van der Waals surface area contributed by atoms with Gasteiger partial charge >= 0.3 is 5.97 Å². The van der Waals surface area contributed by atoms with Crippen molar-refractivity contribution in [3.63, 3.8) is 0 Å². The van der Waals surface area contributed by atoms with Crippen LogP contribution in [-0.4, -0.2) is 19.0 Å². The lowest BCUT2D eigenvalue weighted by atomic mass is 10.0. The molecule has 0 spiro atoms. The summed E-state index contributed by atoms with van der Waals surface area (Å²) in [5.41, 5.74) is 0.438. The van der Waals surface area contributed by atoms with Crippen molar-refractivity contribution >= 4 is 22.8 Å². The molecule has 3 aromatic rings. The van der Waals surface area contributed by atoms with E-state index < -0.39 is 23.7 Å². The molecule has 1 unspecified atom stereocenters. The molecule has 0 bridgehead atoms. The highest BCUT2D eigenvalue weighted by Gasteiger charge is 2.21. The minimum Gasteiger partial charge on any atom is -0.469 e. The molecule has 1 aromatic heterocycles. The second-order valence-corrected chi connectivity index (χ2v) is 5.83. The van der Waals surface area contributed by atoms with Gasteiger partial charge in [0.25, 0.3) is 5.91 Å². The summed E-state index contributed by atoms with van der Waals surface area (Å²) in [6.07, 6.45) is -0.161. The maximum Gasteiger partial charge on any atom is 0.307 e. The molecule has 7 heteroatoms. The van der Waals surface area contributed by atoms with Crippen molar-refractivity contribution < 1.29 is 23.1 Å². The predicted molar refractivity (Wildman–Crippen MR) is 95.7 cm³/mol. The van der Waals surface area contributed by atoms with Crippen LogP contribution in [0.2, 0.25) is 0 Å². The number of hydrogen-bond acceptors (Lipinski definition) is 5. The van der Waals surface area contributed by atoms with E-state index in [1.165, 1.54) is 31.4 Å². The molecule has 1 atom stereocenters. The molecule has 0 fully saturated rings. The lowest BCUT2D eigenvalue weighted by Gasteiger charge is -2.18. The number of carbonyl (C=O) groups is 2. The Kier molecular flexibility index (Phi) is 5.30. The van der Waals surface area contributed by atoms with Crippen LogP contribution in [-0.2, 0) is 9.53 Å². The smallest absolute Gasteiger partial charge is 0.307 e. The van der Waals surface area contributed by atoms with E-state index in [2.05, 4.69) is 10.1 Å². The molecule has 0 aliphatic heterocycles. The van der Waals surface area contributed by atoms with Gasteiger partial charge in [-0.05, 0) is 29.8 Å². The van der Waals surface area contributed by atoms with Crippen molar-refractivity contribution in [3.8, 4) is 0 Å². The highest BCUT2D eigenvalue weighted by Crippen LogP contribution is 2.19. The van der Waals surface area contributed by atoms with E-state index in [-0.39, 0.29) is 23.2 Å². The molecule has 1 N–H and O–H groups in total. The van der Waals surface area contributed by atoms with Crippen LogP contribution < -0.4 is 10.7 Å². The molecule has 138 valence electrons. The average Bonchev–Trinajstić information content (AvgIpc) is 2.67. The van der Waals surface area contributed by atoms with E-state index >= 15 is 0 Å². The molecule has 0 aliphatic carbocycles. The van der Waals surface area contributed by atoms with Crippen LogP contribution >= 0.6 is 0 Å². The number of amides is 1. The number of carbonyl (C=O) groups excluding carboxylic acids is 2. The fourth-order valence-corrected chi connectivity index (χ4v) is 2.64. The standard InChI is InChI=1S/C20H16FNO5/c1-26-19(24)10-15(12-6-8-13(21)9-7-12)22-20(25)18-11-16(23)14-4-2-3-5-17(14)27-18/h2-9,11,15H,10H2,1H3,(H,22,25). The molecule has 0 saturated heterocycles. The zero-order valence-corrected chi connectivity index (χ0v) is 14.4. The van der Waals surface area contributed by atoms with Crippen LogP contribution in [0, 0.1) is 5.82 Å². The van der Waals surface area contributed by atoms with Crippen LogP contribution in [0.1, 0.15) is 28.6 Å². The van der Waals surface area contributed by atoms with Gasteiger partial charge in [-0.3, -0.25) is 14.4 Å². The number of esters is 1. The number of ether oxygens (including phenoxy) is 1. The highest BCUT2D eigenvalue weighted by atomic mass is 19.1. The lowest BCUT2D eigenvalue weighted by molar-refractivity contribution is -0.141. The molecule has 2 aromatic carbocycles. The van der Waals surface area contributed by atoms with E-state index in [0.29, 0.717) is 10.9 Å². The zero-order valence-electron chi connectivity index (χ0n) is 14.4. The number of halogens is 1. The van der Waals surface area contributed by atoms with E-state index in [1.807, 2.05) is 0 Å². The Morgan fingerprint density at radius 1 is 1.15 bits per heavy atom. The van der Waals surface area contributed by atoms with Gasteiger partial charge in [-0.1, -0.05) is 24.3 Å². The van der Waals surface area contributed by atoms with Crippen LogP contribution in [0.3, 0.4) is 0 Å². The molecule has 0 saturated carbocycles. The summed E-state index contributed by atoms with van der Waals surface area (Å²) in [4.78, 5) is 36.4. The van der Waals surface area contributed by atoms with Crippen molar-refractivity contribution in [1.82, 2.24) is 5.32 Å². The Hall–Kier alpha value is -3.48. The molecule has 27 heavy (non-hydrogen) atoms. The Balaban J connectivity index is 1.90. The Morgan fingerprint density at radius 2 is 1.85 bits per heavy atom. The summed E-state index contributed by atoms with van der Waals surface area (Å²) in [6, 6.07) is 12.2. The van der Waals surface area contributed by atoms with Crippen molar-refractivity contribution in [1.29, 1.82) is 0 Å². The second-order valence-electron chi connectivity index (χ2n) is 5.83. The summed E-state index contributed by atoms with van der Waals surface area (Å²) >= 11 is 0. The van der Waals surface area contributed by atoms with Crippen molar-refractivity contribution in [2.75, 3.05) is 7.11 Å². The molecule has 0 aliphatic rings. The van der Waals surface area contributed by atoms with Crippen molar-refractivity contribution in [2.24, 2.45) is 0 Å². The number of benzene rings is 2. The van der Waals surface area contributed by atoms with E-state index in [9.17, 15) is 18.8 Å². The normalized spacial score (nSPS) is 11.8. The van der Waals surface area contributed by atoms with Gasteiger partial charge in [0.1, 0.15) is 11.4 Å². The Labute approximate surface area is 153 Å². The van der Waals surface area contributed by atoms with Crippen LogP contribution in [0.15, 0.2) is 63.8 Å². The summed E-state index contributed by atoms with van der Waals surface area (Å²) in [6.45, 7) is 0. The summed E-state index contributed by atoms with van der Waals surface area (Å²) in [7, 11) is 1.23. The van der Waals surface area contributed by atoms with E-state index in [1.54, 1.807) is 24.3 Å². The second kappa shape index (κ2) is 7.82. The number of hydrogen-bond donors (Lipinski definition) is 1. The number of fused-ring (bicyclic) bond motifs is 1. The first-order valence-corrected chi connectivity index (χ1v) is 8.14. The predicted octanol–water partition coefficient (Wildman–Crippen LogP) is 2.97. The first-order chi connectivity index (χ1) is 13.0. The summed E-state index contributed by atoms with van der Waals surface area (Å²) in [5, 5.41) is 2.99. The Morgan fingerprint density at radius 3 is 2.56 bits per heavy atom. The van der Waals surface area contributed by atoms with Gasteiger partial charge < -0.3 is 14.5 Å². The molecule has 3 rings (SSSR count). The molecular formula is C20H16FNO5. The van der Waals surface area contributed by atoms with Gasteiger partial charge in [0.15, 0.2) is 11.2 Å². The van der Waals surface area contributed by atoms with Gasteiger partial charge in [-0.2, -0.15) is 0 Å². The molecule has 1 heterocycles. The van der Waals surface area contributed by atoms with Crippen molar-refractivity contribution in [3.05, 3.63) is 82.0 Å². The fourth-order valence-electron chi connectivity index (χ4n) is 2.64. The van der Waals surface area contributed by atoms with Crippen molar-refractivity contribution in [2.45, 2.75) is 12.5 Å². The SMILES string of the molecule is COC(=O)CC(NC(=O)c1cc(=O)c2ccccc2o1)c1ccc(F)cc1. The third-order valence-corrected chi connectivity index (χ3v) is 4.03. The highest BCUT2D eigenvalue weighted by molar-refractivity contribution is 5.93. The molecule has 0 radical (unpaired) electrons. The minimum absolute atomic E-state index is 0.161. The molecule has 6 nitrogen and oxygen atoms in total. The van der Waals surface area contributed by atoms with Gasteiger partial charge in [0.2, 0.25) is 0 Å². The van der Waals surface area contributed by atoms with Gasteiger partial charge in [0, 0.05) is 6.07 Å². The maximum absolute atomic E-state index is 13.2. The summed E-state index contributed by atoms with van der Waals surface area (Å²) in [5.74, 6) is -1.85. The van der Waals surface area contributed by atoms with Crippen LogP contribution in [0.5, 0.6) is 0 Å². The van der Waals surface area contributed by atoms with Gasteiger partial charge in [0.05, 0.1) is 25.0 Å². The van der Waals surface area contributed by atoms with Gasteiger partial charge in [-0.15, -0.1) is 0 Å². The lowest BCUT2D eigenvalue weighted by Crippen LogP contribution is -2.31. The molecule has 1 amide bonds. The number of rotatable bonds is 5. The molecular weight excluding hydrogens is 353 g/mol. The number of nitrogens with one attached hydrogen (secondary N) is 1. The van der Waals surface area contributed by atoms with E-state index in [4.69, 9.17) is 4.42 Å². The number of para-hydroxylation sites is 1. The number of methoxy groups -OCH3 is 1. The Bertz CT molecular complexity index is 1040. The van der Waals surface area contributed by atoms with Gasteiger partial charge in [-0.25, -0.2) is 4.39 Å². The largest absolute Gasteiger partial charge is 0.469 e. The minimum atomic E-state index is -0.776. The zero-order chi connectivity index (χ0) is 19.4. The quantitative estimate of drug-likeness (QED) is 0.699. The maximum atomic E-state index is 13.2. The first kappa shape index (κ1) is 18.3. The third kappa shape index (κ3) is 4.20. The summed E-state index contributed by atoms with van der Waals surface area (Å²) < 4.78 is 23.3. The van der Waals surface area contributed by atoms with Crippen LogP contribution in [0.4, 0.5) is 4.39 Å². The average molecular weight is 369 g/mol.